The van der Waals surface area contributed by atoms with Crippen molar-refractivity contribution in [2.24, 2.45) is 5.73 Å². The predicted molar refractivity (Wildman–Crippen MR) is 128 cm³/mol. The molecule has 0 aliphatic heterocycles. The quantitative estimate of drug-likeness (QED) is 0.371. The Hall–Kier alpha value is -2.28. The van der Waals surface area contributed by atoms with Gasteiger partial charge in [-0.3, -0.25) is 0 Å². The van der Waals surface area contributed by atoms with Crippen LogP contribution in [-0.2, 0) is 12.1 Å². The van der Waals surface area contributed by atoms with Gasteiger partial charge in [0.15, 0.2) is 0 Å². The second-order valence-corrected chi connectivity index (χ2v) is 8.91. The molecule has 0 heterocycles. The van der Waals surface area contributed by atoms with Gasteiger partial charge in [-0.25, -0.2) is 0 Å². The van der Waals surface area contributed by atoms with Gasteiger partial charge in [-0.05, 0) is 67.8 Å². The van der Waals surface area contributed by atoms with Crippen LogP contribution in [0.4, 0.5) is 0 Å². The third-order valence-corrected chi connectivity index (χ3v) is 5.63. The van der Waals surface area contributed by atoms with Crippen LogP contribution in [-0.4, -0.2) is 22.4 Å². The summed E-state index contributed by atoms with van der Waals surface area (Å²) >= 11 is 12.5. The summed E-state index contributed by atoms with van der Waals surface area (Å²) in [4.78, 5) is 0. The SMILES string of the molecule is CC(O)C(O)CC(C)(N)c1ccc(Oc2cccc(OCc3cccc(Cl)c3)c2)cc1Cl. The average molecular weight is 476 g/mol. The number of aliphatic hydroxyl groups excluding tert-OH is 2. The summed E-state index contributed by atoms with van der Waals surface area (Å²) in [5.41, 5.74) is 7.08. The Morgan fingerprint density at radius 3 is 2.31 bits per heavy atom. The van der Waals surface area contributed by atoms with Crippen LogP contribution < -0.4 is 15.2 Å². The number of hydrogen-bond donors (Lipinski definition) is 3. The minimum Gasteiger partial charge on any atom is -0.489 e. The molecule has 7 heteroatoms. The first-order chi connectivity index (χ1) is 15.1. The zero-order chi connectivity index (χ0) is 23.3. The van der Waals surface area contributed by atoms with Crippen LogP contribution in [0.3, 0.4) is 0 Å². The molecule has 0 aliphatic rings. The van der Waals surface area contributed by atoms with Crippen LogP contribution in [0.5, 0.6) is 17.2 Å². The zero-order valence-corrected chi connectivity index (χ0v) is 19.5. The molecular weight excluding hydrogens is 449 g/mol. The van der Waals surface area contributed by atoms with Gasteiger partial charge in [0.2, 0.25) is 0 Å². The lowest BCUT2D eigenvalue weighted by molar-refractivity contribution is 0.0131. The van der Waals surface area contributed by atoms with Crippen LogP contribution >= 0.6 is 23.2 Å². The molecule has 0 fully saturated rings. The van der Waals surface area contributed by atoms with Crippen molar-refractivity contribution >= 4 is 23.2 Å². The van der Waals surface area contributed by atoms with E-state index in [4.69, 9.17) is 38.4 Å². The summed E-state index contributed by atoms with van der Waals surface area (Å²) in [5.74, 6) is 1.79. The first kappa shape index (κ1) is 24.4. The molecule has 0 bridgehead atoms. The Bertz CT molecular complexity index is 1060. The van der Waals surface area contributed by atoms with Crippen molar-refractivity contribution in [1.82, 2.24) is 0 Å². The molecule has 3 rings (SSSR count). The van der Waals surface area contributed by atoms with Gasteiger partial charge in [-0.15, -0.1) is 0 Å². The van der Waals surface area contributed by atoms with Crippen LogP contribution in [0.1, 0.15) is 31.4 Å². The maximum absolute atomic E-state index is 10.0. The fourth-order valence-corrected chi connectivity index (χ4v) is 3.89. The van der Waals surface area contributed by atoms with Crippen LogP contribution in [0.15, 0.2) is 66.7 Å². The average Bonchev–Trinajstić information content (AvgIpc) is 2.72. The number of hydrogen-bond acceptors (Lipinski definition) is 5. The van der Waals surface area contributed by atoms with E-state index in [1.165, 1.54) is 6.92 Å². The highest BCUT2D eigenvalue weighted by Crippen LogP contribution is 2.35. The first-order valence-electron chi connectivity index (χ1n) is 10.2. The number of nitrogens with two attached hydrogens (primary N) is 1. The Kier molecular flexibility index (Phi) is 8.04. The zero-order valence-electron chi connectivity index (χ0n) is 18.0. The fraction of sp³-hybridized carbons (Fsp3) is 0.280. The highest BCUT2D eigenvalue weighted by atomic mass is 35.5. The largest absolute Gasteiger partial charge is 0.489 e. The van der Waals surface area contributed by atoms with E-state index in [1.807, 2.05) is 42.5 Å². The molecule has 0 saturated heterocycles. The number of aliphatic hydroxyl groups is 2. The summed E-state index contributed by atoms with van der Waals surface area (Å²) in [7, 11) is 0. The molecule has 170 valence electrons. The maximum atomic E-state index is 10.0. The number of ether oxygens (including phenoxy) is 2. The van der Waals surface area contributed by atoms with Crippen molar-refractivity contribution in [2.45, 2.75) is 44.6 Å². The highest BCUT2D eigenvalue weighted by molar-refractivity contribution is 6.31. The lowest BCUT2D eigenvalue weighted by Crippen LogP contribution is -2.40. The summed E-state index contributed by atoms with van der Waals surface area (Å²) in [5, 5.41) is 20.7. The van der Waals surface area contributed by atoms with Crippen molar-refractivity contribution in [3.63, 3.8) is 0 Å². The minimum absolute atomic E-state index is 0.163. The molecule has 4 N–H and O–H groups in total. The minimum atomic E-state index is -0.952. The molecule has 0 amide bonds. The molecule has 3 aromatic rings. The van der Waals surface area contributed by atoms with Crippen molar-refractivity contribution in [1.29, 1.82) is 0 Å². The van der Waals surface area contributed by atoms with Gasteiger partial charge in [-0.1, -0.05) is 47.5 Å². The molecular formula is C25H27Cl2NO4. The molecule has 5 nitrogen and oxygen atoms in total. The topological polar surface area (TPSA) is 84.9 Å². The number of rotatable bonds is 9. The van der Waals surface area contributed by atoms with Gasteiger partial charge in [-0.2, -0.15) is 0 Å². The summed E-state index contributed by atoms with van der Waals surface area (Å²) < 4.78 is 11.8. The second-order valence-electron chi connectivity index (χ2n) is 8.07. The van der Waals surface area contributed by atoms with Crippen molar-refractivity contribution in [2.75, 3.05) is 0 Å². The third kappa shape index (κ3) is 6.61. The Balaban J connectivity index is 1.68. The van der Waals surface area contributed by atoms with E-state index in [0.29, 0.717) is 39.5 Å². The molecule has 0 radical (unpaired) electrons. The fourth-order valence-electron chi connectivity index (χ4n) is 3.29. The van der Waals surface area contributed by atoms with Crippen LogP contribution in [0.2, 0.25) is 10.0 Å². The Labute approximate surface area is 198 Å². The van der Waals surface area contributed by atoms with Gasteiger partial charge in [0.05, 0.1) is 12.2 Å². The second kappa shape index (κ2) is 10.6. The lowest BCUT2D eigenvalue weighted by atomic mass is 9.86. The molecule has 3 aromatic carbocycles. The lowest BCUT2D eigenvalue weighted by Gasteiger charge is -2.30. The van der Waals surface area contributed by atoms with E-state index in [-0.39, 0.29) is 6.42 Å². The first-order valence-corrected chi connectivity index (χ1v) is 11.0. The molecule has 3 unspecified atom stereocenters. The van der Waals surface area contributed by atoms with E-state index in [9.17, 15) is 10.2 Å². The summed E-state index contributed by atoms with van der Waals surface area (Å²) in [6.07, 6.45) is -1.67. The number of benzene rings is 3. The highest BCUT2D eigenvalue weighted by Gasteiger charge is 2.29. The van der Waals surface area contributed by atoms with E-state index in [1.54, 1.807) is 31.2 Å². The van der Waals surface area contributed by atoms with Gasteiger partial charge in [0.25, 0.3) is 0 Å². The van der Waals surface area contributed by atoms with Crippen molar-refractivity contribution < 1.29 is 19.7 Å². The van der Waals surface area contributed by atoms with Crippen LogP contribution in [0.25, 0.3) is 0 Å². The third-order valence-electron chi connectivity index (χ3n) is 5.08. The smallest absolute Gasteiger partial charge is 0.131 e. The van der Waals surface area contributed by atoms with Crippen molar-refractivity contribution in [3.05, 3.63) is 87.9 Å². The molecule has 0 aliphatic carbocycles. The summed E-state index contributed by atoms with van der Waals surface area (Å²) in [6, 6.07) is 20.0. The molecule has 0 spiro atoms. The van der Waals surface area contributed by atoms with Gasteiger partial charge in [0, 0.05) is 21.7 Å². The normalized spacial score (nSPS) is 15.0. The van der Waals surface area contributed by atoms with Gasteiger partial charge >= 0.3 is 0 Å². The monoisotopic (exact) mass is 475 g/mol. The van der Waals surface area contributed by atoms with E-state index in [0.717, 1.165) is 5.56 Å². The number of halogens is 2. The molecule has 3 atom stereocenters. The van der Waals surface area contributed by atoms with Gasteiger partial charge < -0.3 is 25.4 Å². The van der Waals surface area contributed by atoms with E-state index in [2.05, 4.69) is 0 Å². The summed E-state index contributed by atoms with van der Waals surface area (Å²) in [6.45, 7) is 3.67. The molecule has 32 heavy (non-hydrogen) atoms. The Morgan fingerprint density at radius 2 is 1.62 bits per heavy atom. The van der Waals surface area contributed by atoms with E-state index >= 15 is 0 Å². The molecule has 0 saturated carbocycles. The van der Waals surface area contributed by atoms with E-state index < -0.39 is 17.7 Å². The van der Waals surface area contributed by atoms with Crippen LogP contribution in [0, 0.1) is 0 Å². The standard InChI is InChI=1S/C25H27Cl2NO4/c1-16(29)24(30)14-25(2,28)22-10-9-21(13-23(22)27)32-20-8-4-7-19(12-20)31-15-17-5-3-6-18(26)11-17/h3-13,16,24,29-30H,14-15,28H2,1-2H3. The predicted octanol–water partition coefficient (Wildman–Crippen LogP) is 5.67. The van der Waals surface area contributed by atoms with Crippen molar-refractivity contribution in [3.8, 4) is 17.2 Å². The molecule has 0 aromatic heterocycles. The maximum Gasteiger partial charge on any atom is 0.131 e. The Morgan fingerprint density at radius 1 is 0.938 bits per heavy atom. The van der Waals surface area contributed by atoms with Gasteiger partial charge in [0.1, 0.15) is 23.9 Å².